The Morgan fingerprint density at radius 1 is 1.13 bits per heavy atom. The predicted molar refractivity (Wildman–Crippen MR) is 59.1 cm³/mol. The van der Waals surface area contributed by atoms with Crippen LogP contribution in [0.3, 0.4) is 0 Å². The van der Waals surface area contributed by atoms with E-state index in [4.69, 9.17) is 11.5 Å². The third kappa shape index (κ3) is 1.38. The smallest absolute Gasteiger partial charge is 0.166 e. The van der Waals surface area contributed by atoms with E-state index in [-0.39, 0.29) is 5.54 Å². The molecule has 0 bridgehead atoms. The SMILES string of the molecule is CC(C)(C)n1nc(N)c2c(N)ncnc21. The van der Waals surface area contributed by atoms with Crippen molar-refractivity contribution in [2.45, 2.75) is 26.3 Å². The summed E-state index contributed by atoms with van der Waals surface area (Å²) in [6.07, 6.45) is 1.42. The summed E-state index contributed by atoms with van der Waals surface area (Å²) >= 11 is 0. The summed E-state index contributed by atoms with van der Waals surface area (Å²) in [7, 11) is 0. The van der Waals surface area contributed by atoms with E-state index in [9.17, 15) is 0 Å². The van der Waals surface area contributed by atoms with Crippen LogP contribution in [0.5, 0.6) is 0 Å². The lowest BCUT2D eigenvalue weighted by molar-refractivity contribution is 0.367. The average Bonchev–Trinajstić information content (AvgIpc) is 2.44. The fraction of sp³-hybridized carbons (Fsp3) is 0.444. The Kier molecular flexibility index (Phi) is 1.82. The zero-order valence-electron chi connectivity index (χ0n) is 9.02. The molecule has 2 rings (SSSR count). The molecule has 6 nitrogen and oxygen atoms in total. The van der Waals surface area contributed by atoms with Gasteiger partial charge in [0, 0.05) is 0 Å². The number of nitrogen functional groups attached to an aromatic ring is 2. The van der Waals surface area contributed by atoms with E-state index in [2.05, 4.69) is 15.1 Å². The van der Waals surface area contributed by atoms with E-state index in [0.29, 0.717) is 22.7 Å². The van der Waals surface area contributed by atoms with Crippen molar-refractivity contribution in [1.82, 2.24) is 19.7 Å². The Morgan fingerprint density at radius 2 is 1.80 bits per heavy atom. The van der Waals surface area contributed by atoms with Gasteiger partial charge in [-0.25, -0.2) is 14.6 Å². The molecule has 0 aromatic carbocycles. The summed E-state index contributed by atoms with van der Waals surface area (Å²) in [5, 5.41) is 4.87. The molecular formula is C9H14N6. The van der Waals surface area contributed by atoms with Gasteiger partial charge in [-0.05, 0) is 20.8 Å². The number of hydrogen-bond donors (Lipinski definition) is 2. The van der Waals surface area contributed by atoms with E-state index < -0.39 is 0 Å². The average molecular weight is 206 g/mol. The van der Waals surface area contributed by atoms with E-state index in [1.165, 1.54) is 6.33 Å². The summed E-state index contributed by atoms with van der Waals surface area (Å²) in [6.45, 7) is 6.07. The molecule has 0 radical (unpaired) electrons. The third-order valence-corrected chi connectivity index (χ3v) is 2.16. The highest BCUT2D eigenvalue weighted by Crippen LogP contribution is 2.27. The van der Waals surface area contributed by atoms with Crippen molar-refractivity contribution in [1.29, 1.82) is 0 Å². The second-order valence-electron chi connectivity index (χ2n) is 4.43. The van der Waals surface area contributed by atoms with Crippen LogP contribution in [0.4, 0.5) is 11.6 Å². The molecule has 0 saturated carbocycles. The molecule has 0 aliphatic carbocycles. The first-order valence-electron chi connectivity index (χ1n) is 4.66. The molecular weight excluding hydrogens is 192 g/mol. The van der Waals surface area contributed by atoms with Crippen molar-refractivity contribution in [3.05, 3.63) is 6.33 Å². The quantitative estimate of drug-likeness (QED) is 0.663. The lowest BCUT2D eigenvalue weighted by atomic mass is 10.1. The van der Waals surface area contributed by atoms with Crippen LogP contribution in [0, 0.1) is 0 Å². The lowest BCUT2D eigenvalue weighted by Crippen LogP contribution is -2.23. The minimum Gasteiger partial charge on any atom is -0.383 e. The molecule has 6 heteroatoms. The lowest BCUT2D eigenvalue weighted by Gasteiger charge is -2.19. The molecule has 4 N–H and O–H groups in total. The molecule has 0 aliphatic rings. The summed E-state index contributed by atoms with van der Waals surface area (Å²) in [6, 6.07) is 0. The second-order valence-corrected chi connectivity index (χ2v) is 4.43. The van der Waals surface area contributed by atoms with Crippen LogP contribution in [-0.2, 0) is 5.54 Å². The Balaban J connectivity index is 2.85. The van der Waals surface area contributed by atoms with Crippen LogP contribution < -0.4 is 11.5 Å². The van der Waals surface area contributed by atoms with Gasteiger partial charge < -0.3 is 11.5 Å². The molecule has 0 atom stereocenters. The summed E-state index contributed by atoms with van der Waals surface area (Å²) < 4.78 is 1.76. The van der Waals surface area contributed by atoms with Crippen molar-refractivity contribution in [2.75, 3.05) is 11.5 Å². The zero-order chi connectivity index (χ0) is 11.2. The second kappa shape index (κ2) is 2.82. The van der Waals surface area contributed by atoms with E-state index in [0.717, 1.165) is 0 Å². The van der Waals surface area contributed by atoms with Gasteiger partial charge in [0.15, 0.2) is 11.5 Å². The van der Waals surface area contributed by atoms with Crippen molar-refractivity contribution in [3.63, 3.8) is 0 Å². The monoisotopic (exact) mass is 206 g/mol. The normalized spacial score (nSPS) is 12.2. The molecule has 0 saturated heterocycles. The van der Waals surface area contributed by atoms with Gasteiger partial charge in [0.05, 0.1) is 5.54 Å². The molecule has 0 aliphatic heterocycles. The number of nitrogens with two attached hydrogens (primary N) is 2. The van der Waals surface area contributed by atoms with Crippen molar-refractivity contribution >= 4 is 22.7 Å². The topological polar surface area (TPSA) is 95.6 Å². The van der Waals surface area contributed by atoms with Crippen LogP contribution in [-0.4, -0.2) is 19.7 Å². The van der Waals surface area contributed by atoms with Crippen LogP contribution in [0.2, 0.25) is 0 Å². The van der Waals surface area contributed by atoms with E-state index in [1.54, 1.807) is 4.68 Å². The number of rotatable bonds is 0. The maximum Gasteiger partial charge on any atom is 0.166 e. The van der Waals surface area contributed by atoms with Gasteiger partial charge in [-0.3, -0.25) is 0 Å². The molecule has 2 heterocycles. The van der Waals surface area contributed by atoms with Gasteiger partial charge in [-0.1, -0.05) is 0 Å². The largest absolute Gasteiger partial charge is 0.383 e. The van der Waals surface area contributed by atoms with Gasteiger partial charge in [-0.15, -0.1) is 0 Å². The van der Waals surface area contributed by atoms with E-state index in [1.807, 2.05) is 20.8 Å². The number of hydrogen-bond acceptors (Lipinski definition) is 5. The molecule has 0 spiro atoms. The van der Waals surface area contributed by atoms with E-state index >= 15 is 0 Å². The van der Waals surface area contributed by atoms with Gasteiger partial charge in [-0.2, -0.15) is 5.10 Å². The van der Waals surface area contributed by atoms with Crippen molar-refractivity contribution in [3.8, 4) is 0 Å². The fourth-order valence-electron chi connectivity index (χ4n) is 1.47. The molecule has 2 aromatic rings. The summed E-state index contributed by atoms with van der Waals surface area (Å²) in [4.78, 5) is 8.06. The Bertz CT molecular complexity index is 507. The van der Waals surface area contributed by atoms with Gasteiger partial charge >= 0.3 is 0 Å². The van der Waals surface area contributed by atoms with Gasteiger partial charge in [0.1, 0.15) is 17.5 Å². The zero-order valence-corrected chi connectivity index (χ0v) is 9.02. The predicted octanol–water partition coefficient (Wildman–Crippen LogP) is 0.746. The van der Waals surface area contributed by atoms with Crippen LogP contribution >= 0.6 is 0 Å². The molecule has 2 aromatic heterocycles. The Morgan fingerprint density at radius 3 is 2.40 bits per heavy atom. The Labute approximate surface area is 87.3 Å². The van der Waals surface area contributed by atoms with Crippen LogP contribution in [0.25, 0.3) is 11.0 Å². The standard InChI is InChI=1S/C9H14N6/c1-9(2,3)15-8-5(7(11)14-15)6(10)12-4-13-8/h4H,1-3H3,(H2,11,14)(H2,10,12,13). The number of anilines is 2. The molecule has 0 unspecified atom stereocenters. The van der Waals surface area contributed by atoms with Crippen LogP contribution in [0.1, 0.15) is 20.8 Å². The first-order valence-corrected chi connectivity index (χ1v) is 4.66. The number of fused-ring (bicyclic) bond motifs is 1. The molecule has 80 valence electrons. The summed E-state index contributed by atoms with van der Waals surface area (Å²) in [5.41, 5.74) is 12.0. The molecule has 0 amide bonds. The number of aromatic nitrogens is 4. The minimum absolute atomic E-state index is 0.184. The highest BCUT2D eigenvalue weighted by molar-refractivity contribution is 5.94. The molecule has 15 heavy (non-hydrogen) atoms. The van der Waals surface area contributed by atoms with Gasteiger partial charge in [0.25, 0.3) is 0 Å². The van der Waals surface area contributed by atoms with Crippen LogP contribution in [0.15, 0.2) is 6.33 Å². The third-order valence-electron chi connectivity index (χ3n) is 2.16. The van der Waals surface area contributed by atoms with Gasteiger partial charge in [0.2, 0.25) is 0 Å². The van der Waals surface area contributed by atoms with Crippen molar-refractivity contribution < 1.29 is 0 Å². The molecule has 0 fully saturated rings. The van der Waals surface area contributed by atoms with Crippen molar-refractivity contribution in [2.24, 2.45) is 0 Å². The number of nitrogens with zero attached hydrogens (tertiary/aromatic N) is 4. The highest BCUT2D eigenvalue weighted by atomic mass is 15.4. The maximum absolute atomic E-state index is 5.78. The Hall–Kier alpha value is -1.85. The summed E-state index contributed by atoms with van der Waals surface area (Å²) in [5.74, 6) is 0.742. The maximum atomic E-state index is 5.78. The fourth-order valence-corrected chi connectivity index (χ4v) is 1.47. The highest BCUT2D eigenvalue weighted by Gasteiger charge is 2.21. The first-order chi connectivity index (χ1) is 6.91. The first kappa shape index (κ1) is 9.70. The minimum atomic E-state index is -0.184.